The van der Waals surface area contributed by atoms with Gasteiger partial charge in [0.15, 0.2) is 0 Å². The lowest BCUT2D eigenvalue weighted by Gasteiger charge is -2.21. The van der Waals surface area contributed by atoms with Crippen molar-refractivity contribution in [3.05, 3.63) is 30.0 Å². The van der Waals surface area contributed by atoms with Crippen molar-refractivity contribution in [2.75, 3.05) is 12.3 Å². The van der Waals surface area contributed by atoms with E-state index in [1.165, 1.54) is 12.8 Å². The molecule has 0 bridgehead atoms. The summed E-state index contributed by atoms with van der Waals surface area (Å²) in [5.41, 5.74) is 9.63. The zero-order chi connectivity index (χ0) is 13.9. The maximum absolute atomic E-state index is 5.78. The molecule has 1 unspecified atom stereocenters. The van der Waals surface area contributed by atoms with Crippen LogP contribution in [0.4, 0.5) is 5.69 Å². The van der Waals surface area contributed by atoms with Crippen LogP contribution in [0, 0.1) is 6.92 Å². The smallest absolute Gasteiger partial charge is 0.113 e. The van der Waals surface area contributed by atoms with Crippen LogP contribution >= 0.6 is 0 Å². The SMILES string of the molecule is Cc1cc(N)ccc1-c1cn(CC2CCCCO2)nn1. The van der Waals surface area contributed by atoms with E-state index in [9.17, 15) is 0 Å². The number of nitrogen functional groups attached to an aromatic ring is 1. The summed E-state index contributed by atoms with van der Waals surface area (Å²) in [6, 6.07) is 5.85. The maximum atomic E-state index is 5.78. The number of rotatable bonds is 3. The number of aromatic nitrogens is 3. The average molecular weight is 272 g/mol. The van der Waals surface area contributed by atoms with Crippen LogP contribution in [0.1, 0.15) is 24.8 Å². The van der Waals surface area contributed by atoms with E-state index in [0.717, 1.165) is 42.1 Å². The number of ether oxygens (including phenoxy) is 1. The molecule has 1 fully saturated rings. The third-order valence-corrected chi connectivity index (χ3v) is 3.73. The molecule has 1 aliphatic rings. The highest BCUT2D eigenvalue weighted by Gasteiger charge is 2.15. The highest BCUT2D eigenvalue weighted by molar-refractivity contribution is 5.65. The summed E-state index contributed by atoms with van der Waals surface area (Å²) in [6.07, 6.45) is 5.77. The average Bonchev–Trinajstić information content (AvgIpc) is 2.88. The first kappa shape index (κ1) is 13.1. The van der Waals surface area contributed by atoms with E-state index in [1.54, 1.807) is 0 Å². The van der Waals surface area contributed by atoms with Crippen molar-refractivity contribution in [2.45, 2.75) is 38.8 Å². The van der Waals surface area contributed by atoms with E-state index in [-0.39, 0.29) is 6.10 Å². The predicted molar refractivity (Wildman–Crippen MR) is 78.2 cm³/mol. The molecule has 2 aromatic rings. The number of aryl methyl sites for hydroxylation is 1. The Bertz CT molecular complexity index is 587. The van der Waals surface area contributed by atoms with Gasteiger partial charge in [0.25, 0.3) is 0 Å². The Morgan fingerprint density at radius 1 is 1.40 bits per heavy atom. The van der Waals surface area contributed by atoms with Gasteiger partial charge in [-0.15, -0.1) is 5.10 Å². The van der Waals surface area contributed by atoms with Gasteiger partial charge in [0.05, 0.1) is 18.8 Å². The van der Waals surface area contributed by atoms with Gasteiger partial charge in [-0.2, -0.15) is 0 Å². The second-order valence-corrected chi connectivity index (χ2v) is 5.39. The van der Waals surface area contributed by atoms with Crippen LogP contribution in [-0.2, 0) is 11.3 Å². The molecule has 0 saturated carbocycles. The minimum absolute atomic E-state index is 0.269. The molecule has 5 heteroatoms. The van der Waals surface area contributed by atoms with E-state index < -0.39 is 0 Å². The number of benzene rings is 1. The lowest BCUT2D eigenvalue weighted by atomic mass is 10.1. The lowest BCUT2D eigenvalue weighted by molar-refractivity contribution is 0.00370. The van der Waals surface area contributed by atoms with Crippen LogP contribution in [0.5, 0.6) is 0 Å². The molecule has 0 radical (unpaired) electrons. The van der Waals surface area contributed by atoms with Crippen molar-refractivity contribution in [1.82, 2.24) is 15.0 Å². The van der Waals surface area contributed by atoms with E-state index >= 15 is 0 Å². The molecular weight excluding hydrogens is 252 g/mol. The summed E-state index contributed by atoms with van der Waals surface area (Å²) < 4.78 is 7.61. The van der Waals surface area contributed by atoms with Crippen molar-refractivity contribution >= 4 is 5.69 Å². The Morgan fingerprint density at radius 2 is 2.30 bits per heavy atom. The van der Waals surface area contributed by atoms with Crippen molar-refractivity contribution in [2.24, 2.45) is 0 Å². The summed E-state index contributed by atoms with van der Waals surface area (Å²) in [5.74, 6) is 0. The molecule has 106 valence electrons. The molecule has 3 rings (SSSR count). The fourth-order valence-corrected chi connectivity index (χ4v) is 2.65. The summed E-state index contributed by atoms with van der Waals surface area (Å²) in [6.45, 7) is 3.68. The molecule has 1 aromatic carbocycles. The first-order valence-corrected chi connectivity index (χ1v) is 7.10. The Balaban J connectivity index is 1.75. The zero-order valence-corrected chi connectivity index (χ0v) is 11.7. The van der Waals surface area contributed by atoms with E-state index in [0.29, 0.717) is 0 Å². The molecule has 2 N–H and O–H groups in total. The number of nitrogens with zero attached hydrogens (tertiary/aromatic N) is 3. The topological polar surface area (TPSA) is 66.0 Å². The fraction of sp³-hybridized carbons (Fsp3) is 0.467. The van der Waals surface area contributed by atoms with Crippen LogP contribution in [0.25, 0.3) is 11.3 Å². The normalized spacial score (nSPS) is 19.1. The first-order valence-electron chi connectivity index (χ1n) is 7.10. The molecule has 0 aliphatic carbocycles. The Morgan fingerprint density at radius 3 is 3.05 bits per heavy atom. The second-order valence-electron chi connectivity index (χ2n) is 5.39. The van der Waals surface area contributed by atoms with E-state index in [2.05, 4.69) is 10.3 Å². The van der Waals surface area contributed by atoms with Gasteiger partial charge in [-0.1, -0.05) is 11.3 Å². The predicted octanol–water partition coefficient (Wildman–Crippen LogP) is 2.40. The van der Waals surface area contributed by atoms with Crippen molar-refractivity contribution in [1.29, 1.82) is 0 Å². The van der Waals surface area contributed by atoms with Crippen LogP contribution in [-0.4, -0.2) is 27.7 Å². The molecule has 1 atom stereocenters. The van der Waals surface area contributed by atoms with Gasteiger partial charge < -0.3 is 10.5 Å². The standard InChI is InChI=1S/C15H20N4O/c1-11-8-12(16)5-6-14(11)15-10-19(18-17-15)9-13-4-2-3-7-20-13/h5-6,8,10,13H,2-4,7,9,16H2,1H3. The Kier molecular flexibility index (Phi) is 3.69. The van der Waals surface area contributed by atoms with Crippen molar-refractivity contribution < 1.29 is 4.74 Å². The quantitative estimate of drug-likeness (QED) is 0.871. The van der Waals surface area contributed by atoms with Crippen LogP contribution in [0.3, 0.4) is 0 Å². The Labute approximate surface area is 118 Å². The van der Waals surface area contributed by atoms with Gasteiger partial charge in [-0.3, -0.25) is 0 Å². The molecule has 5 nitrogen and oxygen atoms in total. The minimum Gasteiger partial charge on any atom is -0.399 e. The van der Waals surface area contributed by atoms with E-state index in [4.69, 9.17) is 10.5 Å². The van der Waals surface area contributed by atoms with E-state index in [1.807, 2.05) is 36.0 Å². The Hall–Kier alpha value is -1.88. The fourth-order valence-electron chi connectivity index (χ4n) is 2.65. The maximum Gasteiger partial charge on any atom is 0.113 e. The summed E-state index contributed by atoms with van der Waals surface area (Å²) in [7, 11) is 0. The molecule has 1 aliphatic heterocycles. The zero-order valence-electron chi connectivity index (χ0n) is 11.7. The van der Waals surface area contributed by atoms with Gasteiger partial charge in [-0.05, 0) is 43.9 Å². The third kappa shape index (κ3) is 2.82. The van der Waals surface area contributed by atoms with Gasteiger partial charge in [-0.25, -0.2) is 4.68 Å². The van der Waals surface area contributed by atoms with Crippen LogP contribution in [0.15, 0.2) is 24.4 Å². The lowest BCUT2D eigenvalue weighted by Crippen LogP contribution is -2.24. The summed E-state index contributed by atoms with van der Waals surface area (Å²) >= 11 is 0. The van der Waals surface area contributed by atoms with Crippen LogP contribution in [0.2, 0.25) is 0 Å². The summed E-state index contributed by atoms with van der Waals surface area (Å²) in [5, 5.41) is 8.46. The third-order valence-electron chi connectivity index (χ3n) is 3.73. The molecule has 0 amide bonds. The summed E-state index contributed by atoms with van der Waals surface area (Å²) in [4.78, 5) is 0. The number of anilines is 1. The number of hydrogen-bond donors (Lipinski definition) is 1. The highest BCUT2D eigenvalue weighted by Crippen LogP contribution is 2.23. The first-order chi connectivity index (χ1) is 9.72. The molecule has 1 saturated heterocycles. The minimum atomic E-state index is 0.269. The number of nitrogens with two attached hydrogens (primary N) is 1. The van der Waals surface area contributed by atoms with Gasteiger partial charge in [0.1, 0.15) is 5.69 Å². The van der Waals surface area contributed by atoms with Crippen molar-refractivity contribution in [3.63, 3.8) is 0 Å². The van der Waals surface area contributed by atoms with Crippen LogP contribution < -0.4 is 5.73 Å². The van der Waals surface area contributed by atoms with Gasteiger partial charge >= 0.3 is 0 Å². The van der Waals surface area contributed by atoms with Gasteiger partial charge in [0, 0.05) is 17.9 Å². The largest absolute Gasteiger partial charge is 0.399 e. The van der Waals surface area contributed by atoms with Gasteiger partial charge in [0.2, 0.25) is 0 Å². The van der Waals surface area contributed by atoms with Crippen molar-refractivity contribution in [3.8, 4) is 11.3 Å². The molecule has 1 aromatic heterocycles. The molecule has 20 heavy (non-hydrogen) atoms. The molecular formula is C15H20N4O. The molecule has 2 heterocycles. The highest BCUT2D eigenvalue weighted by atomic mass is 16.5. The number of hydrogen-bond acceptors (Lipinski definition) is 4. The molecule has 0 spiro atoms. The second kappa shape index (κ2) is 5.63. The monoisotopic (exact) mass is 272 g/mol.